The summed E-state index contributed by atoms with van der Waals surface area (Å²) in [4.78, 5) is 18.8. The third-order valence-electron chi connectivity index (χ3n) is 4.39. The van der Waals surface area contributed by atoms with Crippen molar-refractivity contribution >= 4 is 36.0 Å². The lowest BCUT2D eigenvalue weighted by molar-refractivity contribution is 0.0170. The largest absolute Gasteiger partial charge is 0.444 e. The molecule has 0 aromatic rings. The van der Waals surface area contributed by atoms with Gasteiger partial charge in [-0.1, -0.05) is 13.8 Å². The first kappa shape index (κ1) is 25.3. The second kappa shape index (κ2) is 11.9. The highest BCUT2D eigenvalue weighted by molar-refractivity contribution is 14.0. The van der Waals surface area contributed by atoms with E-state index < -0.39 is 5.60 Å². The third kappa shape index (κ3) is 9.83. The van der Waals surface area contributed by atoms with Crippen LogP contribution in [0.4, 0.5) is 4.79 Å². The highest BCUT2D eigenvalue weighted by Crippen LogP contribution is 2.19. The summed E-state index contributed by atoms with van der Waals surface area (Å²) in [5.74, 6) is 1.78. The van der Waals surface area contributed by atoms with Gasteiger partial charge in [-0.25, -0.2) is 4.79 Å². The van der Waals surface area contributed by atoms with Gasteiger partial charge in [0, 0.05) is 32.2 Å². The zero-order valence-electron chi connectivity index (χ0n) is 17.6. The molecule has 0 aliphatic carbocycles. The maximum absolute atomic E-state index is 12.3. The van der Waals surface area contributed by atoms with Crippen LogP contribution in [-0.2, 0) is 4.74 Å². The van der Waals surface area contributed by atoms with Crippen LogP contribution in [0.1, 0.15) is 61.3 Å². The van der Waals surface area contributed by atoms with Gasteiger partial charge in [0.15, 0.2) is 5.96 Å². The Morgan fingerprint density at radius 1 is 1.31 bits per heavy atom. The summed E-state index contributed by atoms with van der Waals surface area (Å²) in [6.45, 7) is 17.4. The van der Waals surface area contributed by atoms with Gasteiger partial charge in [0.2, 0.25) is 0 Å². The van der Waals surface area contributed by atoms with Gasteiger partial charge in [-0.2, -0.15) is 0 Å². The van der Waals surface area contributed by atoms with Crippen LogP contribution in [0, 0.1) is 11.8 Å². The van der Waals surface area contributed by atoms with Gasteiger partial charge in [-0.05, 0) is 59.3 Å². The Bertz CT molecular complexity index is 449. The number of amides is 1. The molecule has 2 atom stereocenters. The molecule has 0 radical (unpaired) electrons. The van der Waals surface area contributed by atoms with E-state index in [0.29, 0.717) is 17.9 Å². The monoisotopic (exact) mass is 482 g/mol. The summed E-state index contributed by atoms with van der Waals surface area (Å²) in [6, 6.07) is 0.363. The summed E-state index contributed by atoms with van der Waals surface area (Å²) < 4.78 is 5.50. The molecule has 0 aromatic heterocycles. The minimum Gasteiger partial charge on any atom is -0.444 e. The zero-order valence-corrected chi connectivity index (χ0v) is 19.9. The van der Waals surface area contributed by atoms with Crippen molar-refractivity contribution in [3.8, 4) is 0 Å². The zero-order chi connectivity index (χ0) is 19.0. The Hall–Kier alpha value is -0.730. The number of carbonyl (C=O) groups is 1. The van der Waals surface area contributed by atoms with Gasteiger partial charge < -0.3 is 20.3 Å². The highest BCUT2D eigenvalue weighted by Gasteiger charge is 2.27. The van der Waals surface area contributed by atoms with Gasteiger partial charge in [-0.15, -0.1) is 24.0 Å². The quantitative estimate of drug-likeness (QED) is 0.355. The van der Waals surface area contributed by atoms with Crippen LogP contribution in [0.15, 0.2) is 4.99 Å². The number of ether oxygens (including phenoxy) is 1. The number of piperidine rings is 1. The van der Waals surface area contributed by atoms with Gasteiger partial charge in [-0.3, -0.25) is 4.99 Å². The molecule has 7 heteroatoms. The SMILES string of the molecule is CCNC(=NCC1CCCN(C(=O)OC(C)(C)C)C1)NC(C)C(C)C.I. The Balaban J connectivity index is 0.00000625. The van der Waals surface area contributed by atoms with E-state index in [-0.39, 0.29) is 30.1 Å². The lowest BCUT2D eigenvalue weighted by Gasteiger charge is -2.33. The van der Waals surface area contributed by atoms with E-state index in [1.54, 1.807) is 0 Å². The van der Waals surface area contributed by atoms with Crippen molar-refractivity contribution in [1.29, 1.82) is 0 Å². The van der Waals surface area contributed by atoms with Crippen molar-refractivity contribution in [2.24, 2.45) is 16.8 Å². The topological polar surface area (TPSA) is 66.0 Å². The molecule has 154 valence electrons. The van der Waals surface area contributed by atoms with Crippen LogP contribution in [0.25, 0.3) is 0 Å². The number of aliphatic imine (C=N–C) groups is 1. The van der Waals surface area contributed by atoms with Gasteiger partial charge >= 0.3 is 6.09 Å². The van der Waals surface area contributed by atoms with Gasteiger partial charge in [0.05, 0.1) is 0 Å². The van der Waals surface area contributed by atoms with Crippen LogP contribution in [0.2, 0.25) is 0 Å². The van der Waals surface area contributed by atoms with Crippen LogP contribution in [0.5, 0.6) is 0 Å². The van der Waals surface area contributed by atoms with Crippen molar-refractivity contribution in [2.45, 2.75) is 73.0 Å². The molecule has 1 saturated heterocycles. The standard InChI is InChI=1S/C19H38N4O2.HI/c1-8-20-17(22-15(4)14(2)3)21-12-16-10-9-11-23(13-16)18(24)25-19(5,6)7;/h14-16H,8-13H2,1-7H3,(H2,20,21,22);1H. The molecule has 1 heterocycles. The average Bonchev–Trinajstić information content (AvgIpc) is 2.51. The number of nitrogens with one attached hydrogen (secondary N) is 2. The molecule has 0 bridgehead atoms. The minimum atomic E-state index is -0.447. The average molecular weight is 482 g/mol. The molecule has 1 rings (SSSR count). The maximum atomic E-state index is 12.3. The molecule has 6 nitrogen and oxygen atoms in total. The summed E-state index contributed by atoms with van der Waals surface area (Å²) in [5.41, 5.74) is -0.447. The fraction of sp³-hybridized carbons (Fsp3) is 0.895. The van der Waals surface area contributed by atoms with Crippen molar-refractivity contribution in [3.05, 3.63) is 0 Å². The first-order valence-electron chi connectivity index (χ1n) is 9.65. The number of halogens is 1. The number of hydrogen-bond donors (Lipinski definition) is 2. The number of guanidine groups is 1. The normalized spacial score (nSPS) is 19.6. The Kier molecular flexibility index (Phi) is 11.5. The second-order valence-electron chi connectivity index (χ2n) is 8.33. The number of carbonyl (C=O) groups excluding carboxylic acids is 1. The van der Waals surface area contributed by atoms with E-state index in [9.17, 15) is 4.79 Å². The molecule has 1 amide bonds. The first-order chi connectivity index (χ1) is 11.6. The number of likely N-dealkylation sites (tertiary alicyclic amines) is 1. The second-order valence-corrected chi connectivity index (χ2v) is 8.33. The molecule has 0 spiro atoms. The molecular weight excluding hydrogens is 443 g/mol. The predicted molar refractivity (Wildman–Crippen MR) is 119 cm³/mol. The van der Waals surface area contributed by atoms with Gasteiger partial charge in [0.1, 0.15) is 5.60 Å². The van der Waals surface area contributed by atoms with Crippen molar-refractivity contribution in [2.75, 3.05) is 26.2 Å². The number of nitrogens with zero attached hydrogens (tertiary/aromatic N) is 2. The molecular formula is C19H39IN4O2. The van der Waals surface area contributed by atoms with Crippen molar-refractivity contribution in [3.63, 3.8) is 0 Å². The lowest BCUT2D eigenvalue weighted by Crippen LogP contribution is -2.45. The van der Waals surface area contributed by atoms with Crippen LogP contribution >= 0.6 is 24.0 Å². The third-order valence-corrected chi connectivity index (χ3v) is 4.39. The number of rotatable bonds is 5. The summed E-state index contributed by atoms with van der Waals surface area (Å²) >= 11 is 0. The lowest BCUT2D eigenvalue weighted by atomic mass is 9.98. The molecule has 0 aromatic carbocycles. The molecule has 1 aliphatic rings. The Morgan fingerprint density at radius 3 is 2.50 bits per heavy atom. The Morgan fingerprint density at radius 2 is 1.96 bits per heavy atom. The fourth-order valence-electron chi connectivity index (χ4n) is 2.63. The molecule has 26 heavy (non-hydrogen) atoms. The molecule has 2 unspecified atom stereocenters. The molecule has 0 saturated carbocycles. The van der Waals surface area contributed by atoms with Crippen LogP contribution in [-0.4, -0.2) is 54.8 Å². The minimum absolute atomic E-state index is 0. The van der Waals surface area contributed by atoms with E-state index >= 15 is 0 Å². The molecule has 1 aliphatic heterocycles. The summed E-state index contributed by atoms with van der Waals surface area (Å²) in [7, 11) is 0. The fourth-order valence-corrected chi connectivity index (χ4v) is 2.63. The summed E-state index contributed by atoms with van der Waals surface area (Å²) in [5, 5.41) is 6.76. The Labute approximate surface area is 176 Å². The maximum Gasteiger partial charge on any atom is 0.410 e. The first-order valence-corrected chi connectivity index (χ1v) is 9.65. The summed E-state index contributed by atoms with van der Waals surface area (Å²) in [6.07, 6.45) is 1.90. The van der Waals surface area contributed by atoms with E-state index in [0.717, 1.165) is 45.0 Å². The van der Waals surface area contributed by atoms with Crippen molar-refractivity contribution < 1.29 is 9.53 Å². The van der Waals surface area contributed by atoms with Crippen LogP contribution < -0.4 is 10.6 Å². The molecule has 1 fully saturated rings. The van der Waals surface area contributed by atoms with E-state index in [2.05, 4.69) is 38.3 Å². The number of hydrogen-bond acceptors (Lipinski definition) is 3. The smallest absolute Gasteiger partial charge is 0.410 e. The highest BCUT2D eigenvalue weighted by atomic mass is 127. The van der Waals surface area contributed by atoms with Crippen molar-refractivity contribution in [1.82, 2.24) is 15.5 Å². The predicted octanol–water partition coefficient (Wildman–Crippen LogP) is 3.85. The van der Waals surface area contributed by atoms with Gasteiger partial charge in [0.25, 0.3) is 0 Å². The van der Waals surface area contributed by atoms with E-state index in [1.165, 1.54) is 0 Å². The van der Waals surface area contributed by atoms with E-state index in [4.69, 9.17) is 9.73 Å². The molecule has 2 N–H and O–H groups in total. The van der Waals surface area contributed by atoms with E-state index in [1.807, 2.05) is 25.7 Å². The van der Waals surface area contributed by atoms with Crippen LogP contribution in [0.3, 0.4) is 0 Å².